The lowest BCUT2D eigenvalue weighted by Gasteiger charge is -2.36. The number of likely N-dealkylation sites (tertiary alicyclic amines) is 1. The number of pyridine rings is 1. The first-order chi connectivity index (χ1) is 10.7. The third kappa shape index (κ3) is 3.31. The number of rotatable bonds is 4. The van der Waals surface area contributed by atoms with Gasteiger partial charge in [0.15, 0.2) is 0 Å². The number of non-ortho nitro benzene ring substituents is 1. The summed E-state index contributed by atoms with van der Waals surface area (Å²) in [5.74, 6) is 0. The van der Waals surface area contributed by atoms with Gasteiger partial charge in [-0.3, -0.25) is 20.0 Å². The van der Waals surface area contributed by atoms with Gasteiger partial charge in [0.05, 0.1) is 4.92 Å². The predicted octanol–water partition coefficient (Wildman–Crippen LogP) is 3.72. The van der Waals surface area contributed by atoms with E-state index >= 15 is 0 Å². The quantitative estimate of drug-likeness (QED) is 0.637. The summed E-state index contributed by atoms with van der Waals surface area (Å²) in [5, 5.41) is 10.7. The maximum absolute atomic E-state index is 10.7. The summed E-state index contributed by atoms with van der Waals surface area (Å²) in [6.45, 7) is 1.87. The van der Waals surface area contributed by atoms with Gasteiger partial charge in [-0.05, 0) is 36.6 Å². The van der Waals surface area contributed by atoms with Gasteiger partial charge in [-0.15, -0.1) is 0 Å². The second-order valence-electron chi connectivity index (χ2n) is 5.69. The standard InChI is InChI=1S/C17H19N3O2/c21-20(22)16-8-6-14(7-9-16)13-19-11-2-1-5-17(19)15-4-3-10-18-12-15/h3-4,6-10,12,17H,1-2,5,11,13H2/t17-/m1/s1. The van der Waals surface area contributed by atoms with Gasteiger partial charge in [0.1, 0.15) is 0 Å². The molecule has 0 saturated carbocycles. The van der Waals surface area contributed by atoms with Crippen LogP contribution in [-0.4, -0.2) is 21.4 Å². The molecule has 1 aromatic carbocycles. The second kappa shape index (κ2) is 6.66. The Kier molecular flexibility index (Phi) is 4.44. The van der Waals surface area contributed by atoms with Gasteiger partial charge in [-0.25, -0.2) is 0 Å². The van der Waals surface area contributed by atoms with E-state index in [1.807, 2.05) is 24.4 Å². The molecule has 0 bridgehead atoms. The Balaban J connectivity index is 1.75. The van der Waals surface area contributed by atoms with E-state index in [1.165, 1.54) is 18.4 Å². The lowest BCUT2D eigenvalue weighted by Crippen LogP contribution is -2.32. The van der Waals surface area contributed by atoms with E-state index in [0.717, 1.165) is 25.1 Å². The molecule has 1 aliphatic heterocycles. The molecule has 0 unspecified atom stereocenters. The first-order valence-electron chi connectivity index (χ1n) is 7.61. The van der Waals surface area contributed by atoms with E-state index in [9.17, 15) is 10.1 Å². The number of nitro groups is 1. The molecule has 5 heteroatoms. The molecule has 0 radical (unpaired) electrons. The van der Waals surface area contributed by atoms with Crippen molar-refractivity contribution >= 4 is 5.69 Å². The van der Waals surface area contributed by atoms with Crippen LogP contribution in [0.4, 0.5) is 5.69 Å². The number of nitro benzene ring substituents is 1. The number of hydrogen-bond acceptors (Lipinski definition) is 4. The Hall–Kier alpha value is -2.27. The average Bonchev–Trinajstić information content (AvgIpc) is 2.57. The van der Waals surface area contributed by atoms with Crippen molar-refractivity contribution in [3.8, 4) is 0 Å². The van der Waals surface area contributed by atoms with Crippen molar-refractivity contribution in [2.75, 3.05) is 6.54 Å². The molecule has 1 aliphatic rings. The average molecular weight is 297 g/mol. The Labute approximate surface area is 129 Å². The third-order valence-electron chi connectivity index (χ3n) is 4.22. The number of aromatic nitrogens is 1. The van der Waals surface area contributed by atoms with Crippen LogP contribution in [0.15, 0.2) is 48.8 Å². The monoisotopic (exact) mass is 297 g/mol. The Morgan fingerprint density at radius 2 is 2.05 bits per heavy atom. The fourth-order valence-electron chi connectivity index (χ4n) is 3.09. The molecular weight excluding hydrogens is 278 g/mol. The second-order valence-corrected chi connectivity index (χ2v) is 5.69. The molecule has 5 nitrogen and oxygen atoms in total. The van der Waals surface area contributed by atoms with Gasteiger partial charge in [0.2, 0.25) is 0 Å². The fraction of sp³-hybridized carbons (Fsp3) is 0.353. The Morgan fingerprint density at radius 1 is 1.23 bits per heavy atom. The van der Waals surface area contributed by atoms with Crippen LogP contribution in [0.25, 0.3) is 0 Å². The van der Waals surface area contributed by atoms with Crippen molar-refractivity contribution in [3.63, 3.8) is 0 Å². The van der Waals surface area contributed by atoms with Gasteiger partial charge in [-0.1, -0.05) is 24.6 Å². The highest BCUT2D eigenvalue weighted by atomic mass is 16.6. The minimum Gasteiger partial charge on any atom is -0.292 e. The molecule has 0 spiro atoms. The van der Waals surface area contributed by atoms with Crippen LogP contribution in [0.1, 0.15) is 36.4 Å². The summed E-state index contributed by atoms with van der Waals surface area (Å²) in [5.41, 5.74) is 2.51. The first-order valence-corrected chi connectivity index (χ1v) is 7.61. The molecule has 0 aliphatic carbocycles. The Morgan fingerprint density at radius 3 is 2.73 bits per heavy atom. The minimum atomic E-state index is -0.358. The van der Waals surface area contributed by atoms with E-state index in [0.29, 0.717) is 6.04 Å². The number of piperidine rings is 1. The highest BCUT2D eigenvalue weighted by Gasteiger charge is 2.24. The van der Waals surface area contributed by atoms with E-state index in [1.54, 1.807) is 18.3 Å². The van der Waals surface area contributed by atoms with E-state index in [4.69, 9.17) is 0 Å². The maximum atomic E-state index is 10.7. The predicted molar refractivity (Wildman–Crippen MR) is 84.3 cm³/mol. The highest BCUT2D eigenvalue weighted by molar-refractivity contribution is 5.33. The lowest BCUT2D eigenvalue weighted by molar-refractivity contribution is -0.384. The summed E-state index contributed by atoms with van der Waals surface area (Å²) >= 11 is 0. The van der Waals surface area contributed by atoms with E-state index < -0.39 is 0 Å². The van der Waals surface area contributed by atoms with E-state index in [2.05, 4.69) is 16.0 Å². The first kappa shape index (κ1) is 14.7. The summed E-state index contributed by atoms with van der Waals surface area (Å²) in [4.78, 5) is 17.0. The summed E-state index contributed by atoms with van der Waals surface area (Å²) < 4.78 is 0. The van der Waals surface area contributed by atoms with Crippen molar-refractivity contribution in [2.45, 2.75) is 31.8 Å². The zero-order chi connectivity index (χ0) is 15.4. The van der Waals surface area contributed by atoms with Crippen LogP contribution in [0, 0.1) is 10.1 Å². The van der Waals surface area contributed by atoms with Gasteiger partial charge in [0.25, 0.3) is 5.69 Å². The lowest BCUT2D eigenvalue weighted by atomic mass is 9.96. The van der Waals surface area contributed by atoms with E-state index in [-0.39, 0.29) is 10.6 Å². The molecule has 22 heavy (non-hydrogen) atoms. The molecule has 1 saturated heterocycles. The topological polar surface area (TPSA) is 59.3 Å². The highest BCUT2D eigenvalue weighted by Crippen LogP contribution is 2.31. The molecular formula is C17H19N3O2. The van der Waals surface area contributed by atoms with Crippen molar-refractivity contribution in [1.82, 2.24) is 9.88 Å². The van der Waals surface area contributed by atoms with Crippen LogP contribution in [-0.2, 0) is 6.54 Å². The van der Waals surface area contributed by atoms with Gasteiger partial charge in [-0.2, -0.15) is 0 Å². The summed E-state index contributed by atoms with van der Waals surface area (Å²) in [6.07, 6.45) is 7.31. The third-order valence-corrected chi connectivity index (χ3v) is 4.22. The molecule has 0 N–H and O–H groups in total. The van der Waals surface area contributed by atoms with Crippen molar-refractivity contribution in [3.05, 3.63) is 70.0 Å². The Bertz CT molecular complexity index is 628. The van der Waals surface area contributed by atoms with Crippen LogP contribution < -0.4 is 0 Å². The zero-order valence-corrected chi connectivity index (χ0v) is 12.4. The molecule has 1 aromatic heterocycles. The molecule has 1 fully saturated rings. The number of hydrogen-bond donors (Lipinski definition) is 0. The van der Waals surface area contributed by atoms with Crippen LogP contribution in [0.2, 0.25) is 0 Å². The molecule has 2 aromatic rings. The molecule has 2 heterocycles. The van der Waals surface area contributed by atoms with Crippen molar-refractivity contribution in [1.29, 1.82) is 0 Å². The molecule has 0 amide bonds. The summed E-state index contributed by atoms with van der Waals surface area (Å²) in [6, 6.07) is 11.4. The molecule has 114 valence electrons. The van der Waals surface area contributed by atoms with Crippen molar-refractivity contribution < 1.29 is 4.92 Å². The SMILES string of the molecule is O=[N+]([O-])c1ccc(CN2CCCC[C@@H]2c2cccnc2)cc1. The van der Waals surface area contributed by atoms with Crippen LogP contribution >= 0.6 is 0 Å². The number of nitrogens with zero attached hydrogens (tertiary/aromatic N) is 3. The zero-order valence-electron chi connectivity index (χ0n) is 12.4. The smallest absolute Gasteiger partial charge is 0.269 e. The fourth-order valence-corrected chi connectivity index (χ4v) is 3.09. The summed E-state index contributed by atoms with van der Waals surface area (Å²) in [7, 11) is 0. The molecule has 3 rings (SSSR count). The van der Waals surface area contributed by atoms with Gasteiger partial charge >= 0.3 is 0 Å². The normalized spacial score (nSPS) is 19.0. The number of benzene rings is 1. The van der Waals surface area contributed by atoms with Gasteiger partial charge < -0.3 is 0 Å². The van der Waals surface area contributed by atoms with Crippen molar-refractivity contribution in [2.24, 2.45) is 0 Å². The van der Waals surface area contributed by atoms with Crippen LogP contribution in [0.5, 0.6) is 0 Å². The maximum Gasteiger partial charge on any atom is 0.269 e. The van der Waals surface area contributed by atoms with Gasteiger partial charge in [0, 0.05) is 37.1 Å². The minimum absolute atomic E-state index is 0.145. The largest absolute Gasteiger partial charge is 0.292 e. The molecule has 1 atom stereocenters. The van der Waals surface area contributed by atoms with Crippen LogP contribution in [0.3, 0.4) is 0 Å².